The van der Waals surface area contributed by atoms with Crippen LogP contribution in [0.3, 0.4) is 0 Å². The van der Waals surface area contributed by atoms with Crippen LogP contribution >= 0.6 is 0 Å². The minimum atomic E-state index is -0.115. The average Bonchev–Trinajstić information content (AvgIpc) is 3.00. The van der Waals surface area contributed by atoms with E-state index in [2.05, 4.69) is 34.9 Å². The molecule has 2 aliphatic carbocycles. The van der Waals surface area contributed by atoms with E-state index in [0.29, 0.717) is 12.5 Å². The van der Waals surface area contributed by atoms with Gasteiger partial charge in [0, 0.05) is 31.0 Å². The molecule has 4 nitrogen and oxygen atoms in total. The summed E-state index contributed by atoms with van der Waals surface area (Å²) in [5, 5.41) is 15.1. The molecule has 0 radical (unpaired) electrons. The van der Waals surface area contributed by atoms with Crippen LogP contribution in [0.15, 0.2) is 36.4 Å². The number of aryl methyl sites for hydroxylation is 1. The third kappa shape index (κ3) is 3.50. The molecular weight excluding hydrogens is 276 g/mol. The average molecular weight is 300 g/mol. The van der Waals surface area contributed by atoms with Crippen LogP contribution in [-0.2, 0) is 6.42 Å². The Morgan fingerprint density at radius 3 is 2.95 bits per heavy atom. The predicted octanol–water partition coefficient (Wildman–Crippen LogP) is 2.34. The number of aliphatic hydroxyl groups is 1. The first kappa shape index (κ1) is 15.1. The van der Waals surface area contributed by atoms with Gasteiger partial charge in [0.2, 0.25) is 0 Å². The molecule has 2 aliphatic rings. The summed E-state index contributed by atoms with van der Waals surface area (Å²) in [5.41, 5.74) is 2.81. The first-order valence-electron chi connectivity index (χ1n) is 8.17. The van der Waals surface area contributed by atoms with Gasteiger partial charge in [0.15, 0.2) is 0 Å². The van der Waals surface area contributed by atoms with Gasteiger partial charge in [-0.05, 0) is 36.8 Å². The van der Waals surface area contributed by atoms with Crippen molar-refractivity contribution in [3.8, 4) is 0 Å². The molecule has 0 saturated heterocycles. The Kier molecular flexibility index (Phi) is 4.78. The standard InChI is InChI=1S/C18H24N2O2/c21-12-13-8-9-16(10-13)20-18(22)19-11-15-6-3-5-14-4-1-2-7-17(14)15/h1-2,4,7-9,13,15-16,21H,3,5-6,10-12H2,(H2,19,20,22)/t13-,15?,16+/m0/s1. The number of carbonyl (C=O) groups excluding carboxylic acids is 1. The third-order valence-corrected chi connectivity index (χ3v) is 4.73. The van der Waals surface area contributed by atoms with Crippen LogP contribution in [0.4, 0.5) is 4.79 Å². The number of benzene rings is 1. The van der Waals surface area contributed by atoms with Crippen molar-refractivity contribution in [1.82, 2.24) is 10.6 Å². The topological polar surface area (TPSA) is 61.4 Å². The van der Waals surface area contributed by atoms with E-state index in [1.165, 1.54) is 17.5 Å². The molecule has 1 aromatic carbocycles. The number of fused-ring (bicyclic) bond motifs is 1. The summed E-state index contributed by atoms with van der Waals surface area (Å²) in [6.45, 7) is 0.831. The number of hydrogen-bond acceptors (Lipinski definition) is 2. The van der Waals surface area contributed by atoms with Gasteiger partial charge in [0.1, 0.15) is 0 Å². The fourth-order valence-electron chi connectivity index (χ4n) is 3.52. The molecule has 22 heavy (non-hydrogen) atoms. The molecule has 0 fully saturated rings. The van der Waals surface area contributed by atoms with E-state index >= 15 is 0 Å². The molecule has 3 N–H and O–H groups in total. The molecule has 0 aliphatic heterocycles. The number of nitrogens with one attached hydrogen (secondary N) is 2. The zero-order chi connectivity index (χ0) is 15.4. The van der Waals surface area contributed by atoms with Crippen LogP contribution in [0, 0.1) is 5.92 Å². The molecule has 0 bridgehead atoms. The van der Waals surface area contributed by atoms with Crippen LogP contribution in [0.25, 0.3) is 0 Å². The van der Waals surface area contributed by atoms with Crippen molar-refractivity contribution in [2.24, 2.45) is 5.92 Å². The number of urea groups is 1. The summed E-state index contributed by atoms with van der Waals surface area (Å²) in [5.74, 6) is 0.593. The highest BCUT2D eigenvalue weighted by Crippen LogP contribution is 2.30. The highest BCUT2D eigenvalue weighted by atomic mass is 16.3. The second-order valence-corrected chi connectivity index (χ2v) is 6.31. The van der Waals surface area contributed by atoms with Crippen molar-refractivity contribution < 1.29 is 9.90 Å². The Morgan fingerprint density at radius 2 is 2.14 bits per heavy atom. The molecule has 0 heterocycles. The third-order valence-electron chi connectivity index (χ3n) is 4.73. The Balaban J connectivity index is 1.49. The van der Waals surface area contributed by atoms with E-state index < -0.39 is 0 Å². The van der Waals surface area contributed by atoms with Gasteiger partial charge in [-0.15, -0.1) is 0 Å². The molecule has 3 rings (SSSR count). The summed E-state index contributed by atoms with van der Waals surface area (Å²) in [7, 11) is 0. The predicted molar refractivity (Wildman–Crippen MR) is 86.8 cm³/mol. The Hall–Kier alpha value is -1.81. The largest absolute Gasteiger partial charge is 0.396 e. The fraction of sp³-hybridized carbons (Fsp3) is 0.500. The fourth-order valence-corrected chi connectivity index (χ4v) is 3.52. The zero-order valence-electron chi connectivity index (χ0n) is 12.8. The Labute approximate surface area is 131 Å². The Morgan fingerprint density at radius 1 is 1.27 bits per heavy atom. The normalized spacial score (nSPS) is 26.5. The van der Waals surface area contributed by atoms with Crippen LogP contribution < -0.4 is 10.6 Å². The molecular formula is C18H24N2O2. The van der Waals surface area contributed by atoms with Gasteiger partial charge in [-0.2, -0.15) is 0 Å². The van der Waals surface area contributed by atoms with E-state index in [0.717, 1.165) is 19.3 Å². The van der Waals surface area contributed by atoms with Gasteiger partial charge in [-0.3, -0.25) is 0 Å². The van der Waals surface area contributed by atoms with E-state index in [4.69, 9.17) is 5.11 Å². The van der Waals surface area contributed by atoms with Crippen molar-refractivity contribution >= 4 is 6.03 Å². The van der Waals surface area contributed by atoms with Crippen molar-refractivity contribution in [1.29, 1.82) is 0 Å². The summed E-state index contributed by atoms with van der Waals surface area (Å²) in [6, 6.07) is 8.47. The van der Waals surface area contributed by atoms with Crippen LogP contribution in [0.2, 0.25) is 0 Å². The number of amides is 2. The van der Waals surface area contributed by atoms with Gasteiger partial charge in [-0.25, -0.2) is 4.79 Å². The van der Waals surface area contributed by atoms with Crippen LogP contribution in [0.1, 0.15) is 36.3 Å². The lowest BCUT2D eigenvalue weighted by Crippen LogP contribution is -2.42. The monoisotopic (exact) mass is 300 g/mol. The van der Waals surface area contributed by atoms with Gasteiger partial charge in [0.05, 0.1) is 0 Å². The van der Waals surface area contributed by atoms with E-state index in [1.54, 1.807) is 0 Å². The lowest BCUT2D eigenvalue weighted by atomic mass is 9.83. The second-order valence-electron chi connectivity index (χ2n) is 6.31. The number of carbonyl (C=O) groups is 1. The number of hydrogen-bond donors (Lipinski definition) is 3. The van der Waals surface area contributed by atoms with Gasteiger partial charge < -0.3 is 15.7 Å². The molecule has 3 atom stereocenters. The van der Waals surface area contributed by atoms with Gasteiger partial charge in [0.25, 0.3) is 0 Å². The maximum Gasteiger partial charge on any atom is 0.315 e. The van der Waals surface area contributed by atoms with Gasteiger partial charge >= 0.3 is 6.03 Å². The SMILES string of the molecule is O=C(NCC1CCCc2ccccc21)N[C@@H]1C=C[C@H](CO)C1. The Bertz CT molecular complexity index is 556. The van der Waals surface area contributed by atoms with Crippen molar-refractivity contribution in [3.05, 3.63) is 47.5 Å². The quantitative estimate of drug-likeness (QED) is 0.748. The van der Waals surface area contributed by atoms with Crippen molar-refractivity contribution in [2.75, 3.05) is 13.2 Å². The molecule has 2 amide bonds. The maximum absolute atomic E-state index is 12.0. The first-order valence-corrected chi connectivity index (χ1v) is 8.17. The van der Waals surface area contributed by atoms with Gasteiger partial charge in [-0.1, -0.05) is 36.4 Å². The highest BCUT2D eigenvalue weighted by molar-refractivity contribution is 5.74. The van der Waals surface area contributed by atoms with Crippen LogP contribution in [0.5, 0.6) is 0 Å². The lowest BCUT2D eigenvalue weighted by Gasteiger charge is -2.26. The van der Waals surface area contributed by atoms with Crippen LogP contribution in [-0.4, -0.2) is 30.3 Å². The summed E-state index contributed by atoms with van der Waals surface area (Å²) >= 11 is 0. The lowest BCUT2D eigenvalue weighted by molar-refractivity contribution is 0.230. The molecule has 0 saturated carbocycles. The molecule has 0 aromatic heterocycles. The smallest absolute Gasteiger partial charge is 0.315 e. The van der Waals surface area contributed by atoms with Crippen molar-refractivity contribution in [2.45, 2.75) is 37.6 Å². The summed E-state index contributed by atoms with van der Waals surface area (Å²) in [4.78, 5) is 12.0. The summed E-state index contributed by atoms with van der Waals surface area (Å²) in [6.07, 6.45) is 8.20. The minimum absolute atomic E-state index is 0.0378. The summed E-state index contributed by atoms with van der Waals surface area (Å²) < 4.78 is 0. The molecule has 4 heteroatoms. The number of aliphatic hydroxyl groups excluding tert-OH is 1. The minimum Gasteiger partial charge on any atom is -0.396 e. The zero-order valence-corrected chi connectivity index (χ0v) is 12.8. The number of rotatable bonds is 4. The maximum atomic E-state index is 12.0. The van der Waals surface area contributed by atoms with E-state index in [9.17, 15) is 4.79 Å². The second kappa shape index (κ2) is 6.97. The van der Waals surface area contributed by atoms with E-state index in [1.807, 2.05) is 12.2 Å². The van der Waals surface area contributed by atoms with E-state index in [-0.39, 0.29) is 24.6 Å². The van der Waals surface area contributed by atoms with Crippen molar-refractivity contribution in [3.63, 3.8) is 0 Å². The first-order chi connectivity index (χ1) is 10.8. The molecule has 1 aromatic rings. The molecule has 1 unspecified atom stereocenters. The highest BCUT2D eigenvalue weighted by Gasteiger charge is 2.22. The molecule has 0 spiro atoms. The molecule has 118 valence electrons.